The zero-order valence-corrected chi connectivity index (χ0v) is 13.1. The van der Waals surface area contributed by atoms with Gasteiger partial charge in [-0.15, -0.1) is 0 Å². The summed E-state index contributed by atoms with van der Waals surface area (Å²) in [5, 5.41) is 0. The number of carbonyl (C=O) groups is 1. The van der Waals surface area contributed by atoms with Crippen LogP contribution in [0.2, 0.25) is 0 Å². The van der Waals surface area contributed by atoms with Gasteiger partial charge in [0.15, 0.2) is 5.78 Å². The summed E-state index contributed by atoms with van der Waals surface area (Å²) in [6.45, 7) is 3.49. The topological polar surface area (TPSA) is 23.6 Å². The fourth-order valence-electron chi connectivity index (χ4n) is 3.04. The Balaban J connectivity index is 1.94. The van der Waals surface area contributed by atoms with Crippen molar-refractivity contribution >= 4 is 5.78 Å². The molecule has 0 aromatic heterocycles. The molecule has 110 valence electrons. The smallest absolute Gasteiger partial charge is 0.176 e. The Morgan fingerprint density at radius 3 is 2.45 bits per heavy atom. The second kappa shape index (κ2) is 6.06. The van der Waals surface area contributed by atoms with Crippen LogP contribution >= 0.6 is 0 Å². The molecular formula is C17H26N2O. The van der Waals surface area contributed by atoms with Gasteiger partial charge in [0.05, 0.1) is 6.54 Å². The van der Waals surface area contributed by atoms with Crippen molar-refractivity contribution < 1.29 is 4.79 Å². The molecule has 0 spiro atoms. The Labute approximate surface area is 122 Å². The Hall–Kier alpha value is -1.19. The number of carbonyl (C=O) groups excluding carboxylic acids is 1. The summed E-state index contributed by atoms with van der Waals surface area (Å²) in [6, 6.07) is 7.86. The molecule has 1 aliphatic rings. The average molecular weight is 274 g/mol. The molecule has 0 atom stereocenters. The Morgan fingerprint density at radius 2 is 1.95 bits per heavy atom. The molecule has 0 unspecified atom stereocenters. The summed E-state index contributed by atoms with van der Waals surface area (Å²) in [4.78, 5) is 16.8. The van der Waals surface area contributed by atoms with Crippen LogP contribution in [-0.2, 0) is 0 Å². The molecule has 0 saturated heterocycles. The maximum atomic E-state index is 12.3. The maximum Gasteiger partial charge on any atom is 0.176 e. The molecule has 0 radical (unpaired) electrons. The van der Waals surface area contributed by atoms with Crippen LogP contribution in [-0.4, -0.2) is 55.4 Å². The van der Waals surface area contributed by atoms with Crippen molar-refractivity contribution in [3.8, 4) is 0 Å². The summed E-state index contributed by atoms with van der Waals surface area (Å²) in [5.41, 5.74) is 2.24. The fraction of sp³-hybridized carbons (Fsp3) is 0.588. The summed E-state index contributed by atoms with van der Waals surface area (Å²) < 4.78 is 0. The van der Waals surface area contributed by atoms with Gasteiger partial charge in [0.1, 0.15) is 0 Å². The molecular weight excluding hydrogens is 248 g/mol. The van der Waals surface area contributed by atoms with Crippen molar-refractivity contribution in [2.75, 3.05) is 34.2 Å². The first kappa shape index (κ1) is 15.2. The molecule has 0 amide bonds. The van der Waals surface area contributed by atoms with Gasteiger partial charge in [-0.3, -0.25) is 9.69 Å². The first-order valence-corrected chi connectivity index (χ1v) is 7.39. The van der Waals surface area contributed by atoms with E-state index in [9.17, 15) is 4.79 Å². The van der Waals surface area contributed by atoms with Crippen LogP contribution in [0, 0.1) is 6.92 Å². The highest BCUT2D eigenvalue weighted by Gasteiger charge is 2.39. The van der Waals surface area contributed by atoms with E-state index in [1.54, 1.807) is 0 Å². The number of hydrogen-bond acceptors (Lipinski definition) is 3. The monoisotopic (exact) mass is 274 g/mol. The highest BCUT2D eigenvalue weighted by atomic mass is 16.1. The standard InChI is InChI=1S/C17H26N2O/c1-14-7-5-8-15(11-14)16(20)12-19(4)13-17(18(2)3)9-6-10-17/h5,7-8,11H,6,9-10,12-13H2,1-4H3. The van der Waals surface area contributed by atoms with Crippen LogP contribution < -0.4 is 0 Å². The van der Waals surface area contributed by atoms with Crippen molar-refractivity contribution in [1.82, 2.24) is 9.80 Å². The Kier molecular flexibility index (Phi) is 4.61. The molecule has 20 heavy (non-hydrogen) atoms. The molecule has 0 heterocycles. The highest BCUT2D eigenvalue weighted by Crippen LogP contribution is 2.36. The third kappa shape index (κ3) is 3.28. The molecule has 2 rings (SSSR count). The first-order valence-electron chi connectivity index (χ1n) is 7.39. The Morgan fingerprint density at radius 1 is 1.25 bits per heavy atom. The van der Waals surface area contributed by atoms with Gasteiger partial charge in [-0.25, -0.2) is 0 Å². The molecule has 0 bridgehead atoms. The van der Waals surface area contributed by atoms with E-state index in [4.69, 9.17) is 0 Å². The molecule has 3 heteroatoms. The fourth-order valence-corrected chi connectivity index (χ4v) is 3.04. The number of aryl methyl sites for hydroxylation is 1. The van der Waals surface area contributed by atoms with Crippen LogP contribution in [0.3, 0.4) is 0 Å². The molecule has 1 aromatic carbocycles. The van der Waals surface area contributed by atoms with Crippen molar-refractivity contribution in [1.29, 1.82) is 0 Å². The lowest BCUT2D eigenvalue weighted by atomic mass is 9.75. The summed E-state index contributed by atoms with van der Waals surface area (Å²) in [6.07, 6.45) is 3.78. The highest BCUT2D eigenvalue weighted by molar-refractivity contribution is 5.97. The Bertz CT molecular complexity index is 478. The predicted octanol–water partition coefficient (Wildman–Crippen LogP) is 2.59. The van der Waals surface area contributed by atoms with Crippen LogP contribution in [0.15, 0.2) is 24.3 Å². The van der Waals surface area contributed by atoms with Crippen molar-refractivity contribution in [3.05, 3.63) is 35.4 Å². The summed E-state index contributed by atoms with van der Waals surface area (Å²) >= 11 is 0. The second-order valence-corrected chi connectivity index (χ2v) is 6.44. The van der Waals surface area contributed by atoms with Gasteiger partial charge in [-0.05, 0) is 53.4 Å². The van der Waals surface area contributed by atoms with Gasteiger partial charge in [0, 0.05) is 17.6 Å². The lowest BCUT2D eigenvalue weighted by Crippen LogP contribution is -2.57. The minimum Gasteiger partial charge on any atom is -0.302 e. The maximum absolute atomic E-state index is 12.3. The molecule has 1 saturated carbocycles. The summed E-state index contributed by atoms with van der Waals surface area (Å²) in [7, 11) is 6.35. The van der Waals surface area contributed by atoms with Gasteiger partial charge in [-0.1, -0.05) is 23.8 Å². The second-order valence-electron chi connectivity index (χ2n) is 6.44. The van der Waals surface area contributed by atoms with E-state index in [2.05, 4.69) is 30.9 Å². The van der Waals surface area contributed by atoms with E-state index in [0.29, 0.717) is 6.54 Å². The average Bonchev–Trinajstić information content (AvgIpc) is 2.33. The lowest BCUT2D eigenvalue weighted by Gasteiger charge is -2.49. The normalized spacial score (nSPS) is 17.3. The number of Topliss-reactive ketones (excluding diaryl/α,β-unsaturated/α-hetero) is 1. The van der Waals surface area contributed by atoms with Crippen LogP contribution in [0.25, 0.3) is 0 Å². The SMILES string of the molecule is Cc1cccc(C(=O)CN(C)CC2(N(C)C)CCC2)c1. The van der Waals surface area contributed by atoms with Gasteiger partial charge >= 0.3 is 0 Å². The number of benzene rings is 1. The third-order valence-electron chi connectivity index (χ3n) is 4.55. The van der Waals surface area contributed by atoms with Crippen molar-refractivity contribution in [2.24, 2.45) is 0 Å². The number of likely N-dealkylation sites (N-methyl/N-ethyl adjacent to an activating group) is 2. The lowest BCUT2D eigenvalue weighted by molar-refractivity contribution is 0.0280. The van der Waals surface area contributed by atoms with E-state index in [1.807, 2.05) is 31.2 Å². The number of rotatable bonds is 6. The van der Waals surface area contributed by atoms with E-state index in [0.717, 1.165) is 17.7 Å². The molecule has 0 aliphatic heterocycles. The number of nitrogens with zero attached hydrogens (tertiary/aromatic N) is 2. The van der Waals surface area contributed by atoms with Crippen LogP contribution in [0.5, 0.6) is 0 Å². The zero-order valence-electron chi connectivity index (χ0n) is 13.1. The van der Waals surface area contributed by atoms with E-state index >= 15 is 0 Å². The first-order chi connectivity index (χ1) is 9.43. The minimum atomic E-state index is 0.212. The summed E-state index contributed by atoms with van der Waals surface area (Å²) in [5.74, 6) is 0.212. The van der Waals surface area contributed by atoms with Crippen LogP contribution in [0.1, 0.15) is 35.2 Å². The quantitative estimate of drug-likeness (QED) is 0.745. The molecule has 0 N–H and O–H groups in total. The predicted molar refractivity (Wildman–Crippen MR) is 83.3 cm³/mol. The van der Waals surface area contributed by atoms with E-state index < -0.39 is 0 Å². The van der Waals surface area contributed by atoms with Gasteiger partial charge in [0.2, 0.25) is 0 Å². The third-order valence-corrected chi connectivity index (χ3v) is 4.55. The molecule has 1 fully saturated rings. The zero-order chi connectivity index (χ0) is 14.8. The van der Waals surface area contributed by atoms with Gasteiger partial charge in [0.25, 0.3) is 0 Å². The number of hydrogen-bond donors (Lipinski definition) is 0. The van der Waals surface area contributed by atoms with E-state index in [-0.39, 0.29) is 11.3 Å². The van der Waals surface area contributed by atoms with Gasteiger partial charge < -0.3 is 4.90 Å². The van der Waals surface area contributed by atoms with Crippen LogP contribution in [0.4, 0.5) is 0 Å². The van der Waals surface area contributed by atoms with Gasteiger partial charge in [-0.2, -0.15) is 0 Å². The molecule has 3 nitrogen and oxygen atoms in total. The number of ketones is 1. The molecule has 1 aromatic rings. The minimum absolute atomic E-state index is 0.212. The molecule has 1 aliphatic carbocycles. The largest absolute Gasteiger partial charge is 0.302 e. The van der Waals surface area contributed by atoms with Crippen molar-refractivity contribution in [3.63, 3.8) is 0 Å². The van der Waals surface area contributed by atoms with E-state index in [1.165, 1.54) is 19.3 Å². The van der Waals surface area contributed by atoms with Crippen molar-refractivity contribution in [2.45, 2.75) is 31.7 Å².